The van der Waals surface area contributed by atoms with Crippen molar-refractivity contribution in [3.05, 3.63) is 158 Å². The molecular weight excluding hydrogens is 569 g/mol. The first-order valence-electron chi connectivity index (χ1n) is 14.9. The summed E-state index contributed by atoms with van der Waals surface area (Å²) in [5.74, 6) is 0. The van der Waals surface area contributed by atoms with E-state index in [4.69, 9.17) is 0 Å². The molecule has 0 atom stereocenters. The van der Waals surface area contributed by atoms with Crippen molar-refractivity contribution < 1.29 is 0 Å². The summed E-state index contributed by atoms with van der Waals surface area (Å²) in [7, 11) is 0. The molecule has 9 rings (SSSR count). The van der Waals surface area contributed by atoms with Crippen LogP contribution >= 0.6 is 22.7 Å². The highest BCUT2D eigenvalue weighted by Gasteiger charge is 2.17. The van der Waals surface area contributed by atoms with Gasteiger partial charge in [-0.15, -0.1) is 22.7 Å². The number of hydrogen-bond acceptors (Lipinski definition) is 2. The Balaban J connectivity index is 1.17. The van der Waals surface area contributed by atoms with Gasteiger partial charge in [0.25, 0.3) is 0 Å². The summed E-state index contributed by atoms with van der Waals surface area (Å²) in [6.07, 6.45) is 0. The molecule has 0 fully saturated rings. The first-order chi connectivity index (χ1) is 21.8. The Morgan fingerprint density at radius 3 is 1.45 bits per heavy atom. The summed E-state index contributed by atoms with van der Waals surface area (Å²) in [6, 6.07) is 57.6. The van der Waals surface area contributed by atoms with Crippen molar-refractivity contribution in [3.63, 3.8) is 0 Å². The van der Waals surface area contributed by atoms with Crippen molar-refractivity contribution in [1.29, 1.82) is 0 Å². The van der Waals surface area contributed by atoms with Crippen LogP contribution in [0.5, 0.6) is 0 Å². The fourth-order valence-corrected chi connectivity index (χ4v) is 9.17. The zero-order chi connectivity index (χ0) is 29.0. The third-order valence-electron chi connectivity index (χ3n) is 8.72. The van der Waals surface area contributed by atoms with E-state index in [-0.39, 0.29) is 0 Å². The number of benzene rings is 7. The molecule has 0 amide bonds. The first kappa shape index (κ1) is 25.5. The summed E-state index contributed by atoms with van der Waals surface area (Å²) < 4.78 is 5.41. The molecule has 7 aromatic carbocycles. The molecule has 0 spiro atoms. The van der Waals surface area contributed by atoms with Crippen LogP contribution < -0.4 is 0 Å². The Labute approximate surface area is 264 Å². The molecule has 0 saturated heterocycles. The van der Waals surface area contributed by atoms with Gasteiger partial charge in [-0.3, -0.25) is 0 Å². The first-order valence-corrected chi connectivity index (χ1v) is 16.6. The van der Waals surface area contributed by atoms with Gasteiger partial charge in [0.2, 0.25) is 0 Å². The van der Waals surface area contributed by atoms with Crippen LogP contribution in [-0.2, 0) is 0 Å². The smallest absolute Gasteiger partial charge is 0.0434 e. The minimum Gasteiger partial charge on any atom is -0.135 e. The van der Waals surface area contributed by atoms with Gasteiger partial charge in [-0.2, -0.15) is 0 Å². The van der Waals surface area contributed by atoms with Crippen molar-refractivity contribution in [1.82, 2.24) is 0 Å². The van der Waals surface area contributed by atoms with E-state index in [0.717, 1.165) is 0 Å². The van der Waals surface area contributed by atoms with E-state index < -0.39 is 0 Å². The Bertz CT molecular complexity index is 2480. The highest BCUT2D eigenvalue weighted by molar-refractivity contribution is 7.27. The van der Waals surface area contributed by atoms with Crippen molar-refractivity contribution in [3.8, 4) is 44.5 Å². The topological polar surface area (TPSA) is 0 Å². The molecule has 0 radical (unpaired) electrons. The second kappa shape index (κ2) is 10.3. The largest absolute Gasteiger partial charge is 0.135 e. The molecular formula is C42H26S2. The zero-order valence-corrected chi connectivity index (χ0v) is 25.5. The van der Waals surface area contributed by atoms with E-state index in [2.05, 4.69) is 158 Å². The fourth-order valence-electron chi connectivity index (χ4n) is 6.57. The van der Waals surface area contributed by atoms with E-state index in [1.54, 1.807) is 0 Å². The van der Waals surface area contributed by atoms with Gasteiger partial charge in [-0.1, -0.05) is 146 Å². The van der Waals surface area contributed by atoms with Gasteiger partial charge in [0, 0.05) is 51.5 Å². The minimum atomic E-state index is 1.23. The Morgan fingerprint density at radius 1 is 0.273 bits per heavy atom. The molecule has 0 N–H and O–H groups in total. The maximum Gasteiger partial charge on any atom is 0.0434 e. The van der Waals surface area contributed by atoms with Gasteiger partial charge in [-0.25, -0.2) is 0 Å². The number of thiophene rings is 2. The Morgan fingerprint density at radius 2 is 0.727 bits per heavy atom. The van der Waals surface area contributed by atoms with Gasteiger partial charge in [0.15, 0.2) is 0 Å². The second-order valence-electron chi connectivity index (χ2n) is 11.3. The number of hydrogen-bond donors (Lipinski definition) is 0. The highest BCUT2D eigenvalue weighted by Crippen LogP contribution is 2.47. The van der Waals surface area contributed by atoms with Crippen LogP contribution in [-0.4, -0.2) is 0 Å². The van der Waals surface area contributed by atoms with E-state index in [9.17, 15) is 0 Å². The summed E-state index contributed by atoms with van der Waals surface area (Å²) in [4.78, 5) is 0. The van der Waals surface area contributed by atoms with Crippen LogP contribution in [0, 0.1) is 0 Å². The number of fused-ring (bicyclic) bond motifs is 6. The molecule has 0 aliphatic heterocycles. The lowest BCUT2D eigenvalue weighted by Gasteiger charge is -2.08. The van der Waals surface area contributed by atoms with Crippen molar-refractivity contribution in [2.75, 3.05) is 0 Å². The average molecular weight is 595 g/mol. The SMILES string of the molecule is c1ccc(-c2ccc(-c3cccc(-c4cccc5c4sc4c(-c6cccc7c6sc6ccccc67)cccc45)c3)cc2)cc1. The van der Waals surface area contributed by atoms with Gasteiger partial charge in [-0.05, 0) is 45.5 Å². The Kier molecular flexibility index (Phi) is 5.97. The molecule has 2 heteroatoms. The maximum absolute atomic E-state index is 2.34. The lowest BCUT2D eigenvalue weighted by atomic mass is 9.96. The predicted octanol–water partition coefficient (Wildman–Crippen LogP) is 13.1. The minimum absolute atomic E-state index is 1.23. The van der Waals surface area contributed by atoms with Gasteiger partial charge < -0.3 is 0 Å². The molecule has 206 valence electrons. The van der Waals surface area contributed by atoms with Gasteiger partial charge >= 0.3 is 0 Å². The third-order valence-corrected chi connectivity index (χ3v) is 11.2. The molecule has 0 saturated carbocycles. The molecule has 0 aliphatic rings. The monoisotopic (exact) mass is 594 g/mol. The van der Waals surface area contributed by atoms with Crippen LogP contribution in [0.25, 0.3) is 84.9 Å². The summed E-state index contributed by atoms with van der Waals surface area (Å²) >= 11 is 3.83. The molecule has 2 heterocycles. The fraction of sp³-hybridized carbons (Fsp3) is 0. The standard InChI is InChI=1S/C42H26S2/c1-2-10-27(11-3-1)28-22-24-29(25-23-28)30-12-6-13-31(26-30)32-15-7-17-35-37-19-9-20-38(42(37)44-40(32)35)36-18-8-16-34-33-14-4-5-21-39(33)43-41(34)36/h1-26H. The third kappa shape index (κ3) is 4.11. The zero-order valence-electron chi connectivity index (χ0n) is 23.8. The summed E-state index contributed by atoms with van der Waals surface area (Å²) in [6.45, 7) is 0. The van der Waals surface area contributed by atoms with Gasteiger partial charge in [0.1, 0.15) is 0 Å². The molecule has 0 unspecified atom stereocenters. The summed E-state index contributed by atoms with van der Waals surface area (Å²) in [5, 5.41) is 5.34. The number of rotatable bonds is 4. The normalized spacial score (nSPS) is 11.6. The molecule has 0 nitrogen and oxygen atoms in total. The summed E-state index contributed by atoms with van der Waals surface area (Å²) in [5.41, 5.74) is 10.1. The molecule has 9 aromatic rings. The molecule has 0 aliphatic carbocycles. The maximum atomic E-state index is 2.34. The van der Waals surface area contributed by atoms with E-state index in [1.807, 2.05) is 22.7 Å². The van der Waals surface area contributed by atoms with Crippen molar-refractivity contribution in [2.24, 2.45) is 0 Å². The van der Waals surface area contributed by atoms with E-state index >= 15 is 0 Å². The van der Waals surface area contributed by atoms with Crippen LogP contribution in [0.3, 0.4) is 0 Å². The predicted molar refractivity (Wildman–Crippen MR) is 194 cm³/mol. The second-order valence-corrected chi connectivity index (χ2v) is 13.3. The van der Waals surface area contributed by atoms with E-state index in [0.29, 0.717) is 0 Å². The quantitative estimate of drug-likeness (QED) is 0.190. The highest BCUT2D eigenvalue weighted by atomic mass is 32.1. The molecule has 2 aromatic heterocycles. The van der Waals surface area contributed by atoms with Crippen molar-refractivity contribution in [2.45, 2.75) is 0 Å². The van der Waals surface area contributed by atoms with Crippen LogP contribution in [0.1, 0.15) is 0 Å². The molecule has 44 heavy (non-hydrogen) atoms. The van der Waals surface area contributed by atoms with Crippen LogP contribution in [0.15, 0.2) is 158 Å². The van der Waals surface area contributed by atoms with Gasteiger partial charge in [0.05, 0.1) is 0 Å². The van der Waals surface area contributed by atoms with Crippen LogP contribution in [0.4, 0.5) is 0 Å². The lowest BCUT2D eigenvalue weighted by molar-refractivity contribution is 1.58. The molecule has 0 bridgehead atoms. The van der Waals surface area contributed by atoms with Crippen LogP contribution in [0.2, 0.25) is 0 Å². The van der Waals surface area contributed by atoms with E-state index in [1.165, 1.54) is 84.9 Å². The van der Waals surface area contributed by atoms with Crippen molar-refractivity contribution >= 4 is 63.0 Å². The lowest BCUT2D eigenvalue weighted by Crippen LogP contribution is -1.83. The average Bonchev–Trinajstić information content (AvgIpc) is 3.68. The Hall–Kier alpha value is -5.02.